The van der Waals surface area contributed by atoms with Crippen LogP contribution in [0.1, 0.15) is 5.56 Å². The topological polar surface area (TPSA) is 34.1 Å². The Kier molecular flexibility index (Phi) is 3.17. The van der Waals surface area contributed by atoms with Crippen LogP contribution in [-0.2, 0) is 15.2 Å². The molecular formula is C7H2ClF5O2S. The van der Waals surface area contributed by atoms with Gasteiger partial charge in [-0.2, -0.15) is 13.2 Å². The summed E-state index contributed by atoms with van der Waals surface area (Å²) in [4.78, 5) is -1.41. The van der Waals surface area contributed by atoms with Crippen molar-refractivity contribution in [1.82, 2.24) is 0 Å². The fourth-order valence-corrected chi connectivity index (χ4v) is 1.89. The van der Waals surface area contributed by atoms with Crippen molar-refractivity contribution in [2.45, 2.75) is 11.1 Å². The van der Waals surface area contributed by atoms with Gasteiger partial charge in [-0.1, -0.05) is 0 Å². The second kappa shape index (κ2) is 3.85. The van der Waals surface area contributed by atoms with E-state index in [2.05, 4.69) is 10.7 Å². The van der Waals surface area contributed by atoms with E-state index in [4.69, 9.17) is 0 Å². The molecule has 1 aromatic carbocycles. The van der Waals surface area contributed by atoms with Gasteiger partial charge in [-0.15, -0.1) is 0 Å². The Bertz CT molecular complexity index is 522. The van der Waals surface area contributed by atoms with Crippen LogP contribution < -0.4 is 0 Å². The third-order valence-corrected chi connectivity index (χ3v) is 2.94. The molecule has 2 nitrogen and oxygen atoms in total. The van der Waals surface area contributed by atoms with Crippen molar-refractivity contribution in [2.75, 3.05) is 0 Å². The van der Waals surface area contributed by atoms with Gasteiger partial charge in [0.15, 0.2) is 5.82 Å². The van der Waals surface area contributed by atoms with Gasteiger partial charge in [0.1, 0.15) is 16.3 Å². The van der Waals surface area contributed by atoms with Crippen molar-refractivity contribution in [2.24, 2.45) is 0 Å². The minimum atomic E-state index is -5.34. The van der Waals surface area contributed by atoms with Crippen LogP contribution in [0.15, 0.2) is 17.0 Å². The van der Waals surface area contributed by atoms with Crippen molar-refractivity contribution >= 4 is 19.7 Å². The number of hydrogen-bond donors (Lipinski definition) is 0. The molecule has 9 heteroatoms. The van der Waals surface area contributed by atoms with Gasteiger partial charge in [-0.25, -0.2) is 17.2 Å². The molecule has 0 aromatic heterocycles. The zero-order valence-corrected chi connectivity index (χ0v) is 8.72. The zero-order valence-electron chi connectivity index (χ0n) is 7.15. The summed E-state index contributed by atoms with van der Waals surface area (Å²) in [5, 5.41) is 0. The van der Waals surface area contributed by atoms with Crippen molar-refractivity contribution < 1.29 is 30.4 Å². The lowest BCUT2D eigenvalue weighted by molar-refractivity contribution is -0.142. The highest BCUT2D eigenvalue weighted by Crippen LogP contribution is 2.36. The number of rotatable bonds is 1. The van der Waals surface area contributed by atoms with Crippen LogP contribution in [0.4, 0.5) is 22.0 Å². The van der Waals surface area contributed by atoms with E-state index in [1.54, 1.807) is 0 Å². The summed E-state index contributed by atoms with van der Waals surface area (Å²) in [6, 6.07) is 0.503. The predicted molar refractivity (Wildman–Crippen MR) is 44.4 cm³/mol. The summed E-state index contributed by atoms with van der Waals surface area (Å²) < 4.78 is 83.7. The van der Waals surface area contributed by atoms with Crippen molar-refractivity contribution in [3.05, 3.63) is 29.3 Å². The minimum Gasteiger partial charge on any atom is -0.207 e. The van der Waals surface area contributed by atoms with E-state index in [0.717, 1.165) is 0 Å². The second-order valence-electron chi connectivity index (χ2n) is 2.67. The first kappa shape index (κ1) is 13.2. The monoisotopic (exact) mass is 280 g/mol. The van der Waals surface area contributed by atoms with E-state index in [9.17, 15) is 30.4 Å². The van der Waals surface area contributed by atoms with Crippen LogP contribution in [0.5, 0.6) is 0 Å². The molecule has 0 saturated heterocycles. The van der Waals surface area contributed by atoms with Crippen molar-refractivity contribution in [1.29, 1.82) is 0 Å². The van der Waals surface area contributed by atoms with Crippen molar-refractivity contribution in [3.8, 4) is 0 Å². The van der Waals surface area contributed by atoms with Gasteiger partial charge in [0, 0.05) is 10.7 Å². The van der Waals surface area contributed by atoms with Crippen LogP contribution in [0.2, 0.25) is 0 Å². The van der Waals surface area contributed by atoms with E-state index in [-0.39, 0.29) is 6.07 Å². The summed E-state index contributed by atoms with van der Waals surface area (Å²) in [5.74, 6) is -4.16. The molecule has 90 valence electrons. The minimum absolute atomic E-state index is 0.182. The maximum atomic E-state index is 13.1. The molecule has 0 N–H and O–H groups in total. The maximum absolute atomic E-state index is 13.1. The number of benzene rings is 1. The molecule has 0 saturated carbocycles. The fourth-order valence-electron chi connectivity index (χ4n) is 0.982. The van der Waals surface area contributed by atoms with Crippen molar-refractivity contribution in [3.63, 3.8) is 0 Å². The number of hydrogen-bond acceptors (Lipinski definition) is 2. The van der Waals surface area contributed by atoms with E-state index in [1.807, 2.05) is 0 Å². The van der Waals surface area contributed by atoms with Gasteiger partial charge in [0.2, 0.25) is 0 Å². The lowest BCUT2D eigenvalue weighted by Gasteiger charge is -2.10. The molecule has 16 heavy (non-hydrogen) atoms. The fraction of sp³-hybridized carbons (Fsp3) is 0.143. The highest BCUT2D eigenvalue weighted by molar-refractivity contribution is 8.13. The Morgan fingerprint density at radius 1 is 1.12 bits per heavy atom. The van der Waals surface area contributed by atoms with Gasteiger partial charge < -0.3 is 0 Å². The SMILES string of the molecule is O=S(=O)(Cl)c1ccc(F)c(C(F)(F)F)c1F. The Morgan fingerprint density at radius 3 is 2.00 bits per heavy atom. The Labute approximate surface area is 91.1 Å². The molecule has 0 fully saturated rings. The standard InChI is InChI=1S/C7H2ClF5O2S/c8-16(14,15)4-2-1-3(9)5(6(4)10)7(11,12)13/h1-2H. The molecule has 1 aromatic rings. The molecule has 0 heterocycles. The van der Waals surface area contributed by atoms with Gasteiger partial charge >= 0.3 is 6.18 Å². The molecule has 0 spiro atoms. The van der Waals surface area contributed by atoms with Crippen LogP contribution in [0, 0.1) is 11.6 Å². The lowest BCUT2D eigenvalue weighted by atomic mass is 10.2. The predicted octanol–water partition coefficient (Wildman–Crippen LogP) is 2.91. The molecule has 0 unspecified atom stereocenters. The maximum Gasteiger partial charge on any atom is 0.422 e. The normalized spacial score (nSPS) is 12.9. The zero-order chi connectivity index (χ0) is 12.7. The molecule has 0 aliphatic rings. The number of halogens is 6. The average molecular weight is 281 g/mol. The molecule has 0 radical (unpaired) electrons. The summed E-state index contributed by atoms with van der Waals surface area (Å²) >= 11 is 0. The molecule has 0 aliphatic carbocycles. The van der Waals surface area contributed by atoms with Crippen LogP contribution in [-0.4, -0.2) is 8.42 Å². The van der Waals surface area contributed by atoms with E-state index >= 15 is 0 Å². The molecule has 0 amide bonds. The Hall–Kier alpha value is -0.890. The molecule has 0 atom stereocenters. The first-order chi connectivity index (χ1) is 7.05. The highest BCUT2D eigenvalue weighted by atomic mass is 35.7. The molecular weight excluding hydrogens is 279 g/mol. The number of alkyl halides is 3. The summed E-state index contributed by atoms with van der Waals surface area (Å²) in [6.07, 6.45) is -5.34. The van der Waals surface area contributed by atoms with Crippen LogP contribution in [0.25, 0.3) is 0 Å². The van der Waals surface area contributed by atoms with E-state index < -0.39 is 37.3 Å². The lowest BCUT2D eigenvalue weighted by Crippen LogP contribution is -2.13. The Morgan fingerprint density at radius 2 is 1.62 bits per heavy atom. The van der Waals surface area contributed by atoms with Gasteiger partial charge in [-0.3, -0.25) is 0 Å². The van der Waals surface area contributed by atoms with Gasteiger partial charge in [-0.05, 0) is 12.1 Å². The summed E-state index contributed by atoms with van der Waals surface area (Å²) in [6.45, 7) is 0. The second-order valence-corrected chi connectivity index (χ2v) is 5.20. The average Bonchev–Trinajstić information content (AvgIpc) is 1.97. The Balaban J connectivity index is 3.65. The van der Waals surface area contributed by atoms with Crippen LogP contribution in [0.3, 0.4) is 0 Å². The summed E-state index contributed by atoms with van der Waals surface area (Å²) in [5.41, 5.74) is -2.28. The molecule has 1 rings (SSSR count). The highest BCUT2D eigenvalue weighted by Gasteiger charge is 2.40. The quantitative estimate of drug-likeness (QED) is 0.585. The van der Waals surface area contributed by atoms with Crippen LogP contribution >= 0.6 is 10.7 Å². The van der Waals surface area contributed by atoms with Gasteiger partial charge in [0.05, 0.1) is 0 Å². The molecule has 0 bridgehead atoms. The third kappa shape index (κ3) is 2.43. The van der Waals surface area contributed by atoms with E-state index in [1.165, 1.54) is 0 Å². The summed E-state index contributed by atoms with van der Waals surface area (Å²) in [7, 11) is -0.0218. The smallest absolute Gasteiger partial charge is 0.207 e. The third-order valence-electron chi connectivity index (χ3n) is 1.60. The van der Waals surface area contributed by atoms with E-state index in [0.29, 0.717) is 6.07 Å². The first-order valence-corrected chi connectivity index (χ1v) is 5.86. The first-order valence-electron chi connectivity index (χ1n) is 3.55. The molecule has 0 aliphatic heterocycles. The van der Waals surface area contributed by atoms with Gasteiger partial charge in [0.25, 0.3) is 9.05 Å². The largest absolute Gasteiger partial charge is 0.422 e.